The predicted octanol–water partition coefficient (Wildman–Crippen LogP) is 2.08. The van der Waals surface area contributed by atoms with Crippen LogP contribution in [-0.4, -0.2) is 64.3 Å². The molecule has 172 valence electrons. The van der Waals surface area contributed by atoms with Gasteiger partial charge in [-0.15, -0.1) is 0 Å². The lowest BCUT2D eigenvalue weighted by atomic mass is 9.83. The fourth-order valence-corrected chi connectivity index (χ4v) is 4.76. The third kappa shape index (κ3) is 3.93. The molecule has 33 heavy (non-hydrogen) atoms. The Balaban J connectivity index is 1.32. The zero-order chi connectivity index (χ0) is 23.0. The normalized spacial score (nSPS) is 23.3. The Morgan fingerprint density at radius 2 is 2.09 bits per heavy atom. The van der Waals surface area contributed by atoms with Crippen LogP contribution in [-0.2, 0) is 16.6 Å². The molecule has 1 aliphatic carbocycles. The lowest BCUT2D eigenvalue weighted by Crippen LogP contribution is -2.35. The summed E-state index contributed by atoms with van der Waals surface area (Å²) in [5, 5.41) is 17.3. The number of aryl methyl sites for hydroxylation is 1. The van der Waals surface area contributed by atoms with Crippen molar-refractivity contribution in [2.24, 2.45) is 18.4 Å². The van der Waals surface area contributed by atoms with Crippen molar-refractivity contribution in [1.29, 1.82) is 5.26 Å². The van der Waals surface area contributed by atoms with Gasteiger partial charge in [0.1, 0.15) is 16.9 Å². The second-order valence-electron chi connectivity index (χ2n) is 8.89. The summed E-state index contributed by atoms with van der Waals surface area (Å²) < 4.78 is 7.00. The highest BCUT2D eigenvalue weighted by Crippen LogP contribution is 2.51. The Hall–Kier alpha value is -3.45. The van der Waals surface area contributed by atoms with Gasteiger partial charge in [-0.3, -0.25) is 14.3 Å². The molecule has 5 rings (SSSR count). The van der Waals surface area contributed by atoms with Crippen LogP contribution in [0.5, 0.6) is 0 Å². The van der Waals surface area contributed by atoms with Crippen LogP contribution >= 0.6 is 0 Å². The van der Waals surface area contributed by atoms with Gasteiger partial charge >= 0.3 is 0 Å². The summed E-state index contributed by atoms with van der Waals surface area (Å²) in [7, 11) is 1.73. The second-order valence-corrected chi connectivity index (χ2v) is 8.89. The Kier molecular flexibility index (Phi) is 5.50. The number of aromatic nitrogens is 3. The third-order valence-electron chi connectivity index (χ3n) is 6.75. The Morgan fingerprint density at radius 1 is 1.24 bits per heavy atom. The first-order valence-corrected chi connectivity index (χ1v) is 11.4. The van der Waals surface area contributed by atoms with Gasteiger partial charge in [-0.2, -0.15) is 10.4 Å². The fourth-order valence-electron chi connectivity index (χ4n) is 4.76. The number of carbonyl (C=O) groups is 2. The summed E-state index contributed by atoms with van der Waals surface area (Å²) in [4.78, 5) is 33.9. The third-order valence-corrected chi connectivity index (χ3v) is 6.75. The Morgan fingerprint density at radius 3 is 2.88 bits per heavy atom. The molecular formula is C23H27N7O3. The van der Waals surface area contributed by atoms with Gasteiger partial charge in [0.05, 0.1) is 12.7 Å². The number of hydrogen-bond donors (Lipinski definition) is 1. The van der Waals surface area contributed by atoms with Crippen LogP contribution in [0, 0.1) is 22.7 Å². The van der Waals surface area contributed by atoms with Gasteiger partial charge in [-0.25, -0.2) is 4.98 Å². The van der Waals surface area contributed by atoms with E-state index >= 15 is 0 Å². The second kappa shape index (κ2) is 8.48. The van der Waals surface area contributed by atoms with E-state index < -0.39 is 5.41 Å². The summed E-state index contributed by atoms with van der Waals surface area (Å²) >= 11 is 0. The SMILES string of the molecule is Cn1nc(Nc2cc(N3CC[C@@](C#N)(C4CC4)C3=O)ccn2)cc1C(=O)N1CCCOCC1. The molecule has 4 heterocycles. The van der Waals surface area contributed by atoms with E-state index in [0.29, 0.717) is 62.3 Å². The lowest BCUT2D eigenvalue weighted by molar-refractivity contribution is -0.123. The van der Waals surface area contributed by atoms with Crippen molar-refractivity contribution in [3.05, 3.63) is 30.1 Å². The topological polar surface area (TPSA) is 116 Å². The molecule has 3 fully saturated rings. The molecule has 1 N–H and O–H groups in total. The molecular weight excluding hydrogens is 422 g/mol. The van der Waals surface area contributed by atoms with Gasteiger partial charge < -0.3 is 19.9 Å². The quantitative estimate of drug-likeness (QED) is 0.743. The number of amides is 2. The molecule has 0 bridgehead atoms. The van der Waals surface area contributed by atoms with Gasteiger partial charge in [0.15, 0.2) is 5.82 Å². The maximum Gasteiger partial charge on any atom is 0.272 e. The number of nitrogens with one attached hydrogen (secondary N) is 1. The minimum Gasteiger partial charge on any atom is -0.380 e. The molecule has 0 spiro atoms. The van der Waals surface area contributed by atoms with Crippen LogP contribution in [0.25, 0.3) is 0 Å². The van der Waals surface area contributed by atoms with Crippen molar-refractivity contribution in [2.75, 3.05) is 43.1 Å². The molecule has 2 saturated heterocycles. The van der Waals surface area contributed by atoms with E-state index in [4.69, 9.17) is 4.74 Å². The van der Waals surface area contributed by atoms with E-state index in [2.05, 4.69) is 21.5 Å². The summed E-state index contributed by atoms with van der Waals surface area (Å²) in [6.07, 6.45) is 4.89. The molecule has 2 aliphatic heterocycles. The molecule has 2 aromatic rings. The van der Waals surface area contributed by atoms with Gasteiger partial charge in [-0.05, 0) is 37.7 Å². The molecule has 1 saturated carbocycles. The number of ether oxygens (including phenoxy) is 1. The van der Waals surface area contributed by atoms with E-state index in [1.165, 1.54) is 0 Å². The number of nitriles is 1. The van der Waals surface area contributed by atoms with Crippen molar-refractivity contribution < 1.29 is 14.3 Å². The van der Waals surface area contributed by atoms with Crippen molar-refractivity contribution >= 4 is 29.1 Å². The average molecular weight is 450 g/mol. The lowest BCUT2D eigenvalue weighted by Gasteiger charge is -2.21. The predicted molar refractivity (Wildman–Crippen MR) is 120 cm³/mol. The number of nitrogens with zero attached hydrogens (tertiary/aromatic N) is 6. The number of pyridine rings is 1. The van der Waals surface area contributed by atoms with Gasteiger partial charge in [0.25, 0.3) is 5.91 Å². The molecule has 2 amide bonds. The maximum atomic E-state index is 13.1. The van der Waals surface area contributed by atoms with Crippen LogP contribution in [0.4, 0.5) is 17.3 Å². The van der Waals surface area contributed by atoms with E-state index in [0.717, 1.165) is 19.3 Å². The first kappa shape index (κ1) is 21.4. The highest BCUT2D eigenvalue weighted by Gasteiger charge is 2.56. The van der Waals surface area contributed by atoms with E-state index in [1.807, 2.05) is 0 Å². The molecule has 3 aliphatic rings. The summed E-state index contributed by atoms with van der Waals surface area (Å²) in [6.45, 7) is 2.94. The molecule has 10 heteroatoms. The maximum absolute atomic E-state index is 13.1. The van der Waals surface area contributed by atoms with Crippen molar-refractivity contribution in [3.8, 4) is 6.07 Å². The molecule has 0 radical (unpaired) electrons. The van der Waals surface area contributed by atoms with E-state index in [-0.39, 0.29) is 17.7 Å². The van der Waals surface area contributed by atoms with E-state index in [1.54, 1.807) is 45.9 Å². The van der Waals surface area contributed by atoms with Crippen LogP contribution in [0.3, 0.4) is 0 Å². The Labute approximate surface area is 192 Å². The average Bonchev–Trinajstić information content (AvgIpc) is 3.58. The number of rotatable bonds is 5. The summed E-state index contributed by atoms with van der Waals surface area (Å²) in [5.41, 5.74) is 0.298. The number of anilines is 3. The summed E-state index contributed by atoms with van der Waals surface area (Å²) in [5.74, 6) is 0.993. The van der Waals surface area contributed by atoms with Gasteiger partial charge in [0, 0.05) is 57.3 Å². The van der Waals surface area contributed by atoms with Crippen molar-refractivity contribution in [1.82, 2.24) is 19.7 Å². The van der Waals surface area contributed by atoms with E-state index in [9.17, 15) is 14.9 Å². The number of hydrogen-bond acceptors (Lipinski definition) is 7. The molecule has 1 atom stereocenters. The van der Waals surface area contributed by atoms with Crippen LogP contribution < -0.4 is 10.2 Å². The zero-order valence-corrected chi connectivity index (χ0v) is 18.7. The van der Waals surface area contributed by atoms with Gasteiger partial charge in [0.2, 0.25) is 5.91 Å². The monoisotopic (exact) mass is 449 g/mol. The first-order valence-electron chi connectivity index (χ1n) is 11.4. The zero-order valence-electron chi connectivity index (χ0n) is 18.7. The largest absolute Gasteiger partial charge is 0.380 e. The minimum absolute atomic E-state index is 0.0826. The molecule has 10 nitrogen and oxygen atoms in total. The Bertz CT molecular complexity index is 1110. The molecule has 0 aromatic carbocycles. The fraction of sp³-hybridized carbons (Fsp3) is 0.522. The van der Waals surface area contributed by atoms with Gasteiger partial charge in [-0.1, -0.05) is 0 Å². The smallest absolute Gasteiger partial charge is 0.272 e. The standard InChI is InChI=1S/C23H27N7O3/c1-28-18(21(31)29-8-2-11-33-12-10-29)14-20(27-28)26-19-13-17(5-7-25-19)30-9-6-23(15-24,22(30)32)16-3-4-16/h5,7,13-14,16H,2-4,6,8-12H2,1H3,(H,25,26,27)/t23-/m1/s1. The molecule has 0 unspecified atom stereocenters. The van der Waals surface area contributed by atoms with Crippen LogP contribution in [0.2, 0.25) is 0 Å². The van der Waals surface area contributed by atoms with Crippen LogP contribution in [0.1, 0.15) is 36.2 Å². The first-order chi connectivity index (χ1) is 16.0. The minimum atomic E-state index is -0.883. The van der Waals surface area contributed by atoms with Crippen LogP contribution in [0.15, 0.2) is 24.4 Å². The highest BCUT2D eigenvalue weighted by molar-refractivity contribution is 6.02. The van der Waals surface area contributed by atoms with Crippen molar-refractivity contribution in [2.45, 2.75) is 25.7 Å². The van der Waals surface area contributed by atoms with Crippen molar-refractivity contribution in [3.63, 3.8) is 0 Å². The number of carbonyl (C=O) groups excluding carboxylic acids is 2. The molecule has 2 aromatic heterocycles. The highest BCUT2D eigenvalue weighted by atomic mass is 16.5. The summed E-state index contributed by atoms with van der Waals surface area (Å²) in [6, 6.07) is 7.57.